The van der Waals surface area contributed by atoms with Gasteiger partial charge in [-0.05, 0) is 43.2 Å². The third-order valence-corrected chi connectivity index (χ3v) is 5.66. The van der Waals surface area contributed by atoms with E-state index >= 15 is 0 Å². The third kappa shape index (κ3) is 5.06. The Morgan fingerprint density at radius 3 is 2.50 bits per heavy atom. The molecule has 26 heavy (non-hydrogen) atoms. The molecule has 0 fully saturated rings. The SMILES string of the molecule is COC(=O)c1ccc(C)c(S(=O)(=O)NCCCN(C)c2ccccc2)c1. The van der Waals surface area contributed by atoms with E-state index in [9.17, 15) is 13.2 Å². The normalized spacial score (nSPS) is 11.2. The van der Waals surface area contributed by atoms with Gasteiger partial charge in [0.15, 0.2) is 0 Å². The fourth-order valence-electron chi connectivity index (χ4n) is 2.55. The molecule has 0 radical (unpaired) electrons. The minimum Gasteiger partial charge on any atom is -0.465 e. The number of rotatable bonds is 8. The van der Waals surface area contributed by atoms with Crippen LogP contribution in [0.25, 0.3) is 0 Å². The van der Waals surface area contributed by atoms with E-state index in [-0.39, 0.29) is 10.5 Å². The number of sulfonamides is 1. The summed E-state index contributed by atoms with van der Waals surface area (Å²) in [5.41, 5.74) is 1.87. The molecule has 2 aromatic rings. The molecule has 0 saturated carbocycles. The number of hydrogen-bond donors (Lipinski definition) is 1. The molecule has 0 spiro atoms. The van der Waals surface area contributed by atoms with Gasteiger partial charge >= 0.3 is 5.97 Å². The largest absolute Gasteiger partial charge is 0.465 e. The van der Waals surface area contributed by atoms with Crippen LogP contribution in [0, 0.1) is 6.92 Å². The Balaban J connectivity index is 1.97. The van der Waals surface area contributed by atoms with Crippen molar-refractivity contribution in [1.29, 1.82) is 0 Å². The van der Waals surface area contributed by atoms with Crippen molar-refractivity contribution in [2.45, 2.75) is 18.2 Å². The highest BCUT2D eigenvalue weighted by Gasteiger charge is 2.19. The highest BCUT2D eigenvalue weighted by atomic mass is 32.2. The second-order valence-electron chi connectivity index (χ2n) is 5.98. The Hall–Kier alpha value is -2.38. The Kier molecular flexibility index (Phi) is 6.76. The molecular formula is C19H24N2O4S. The van der Waals surface area contributed by atoms with Gasteiger partial charge in [-0.3, -0.25) is 0 Å². The highest BCUT2D eigenvalue weighted by molar-refractivity contribution is 7.89. The first kappa shape index (κ1) is 19.9. The average Bonchev–Trinajstić information content (AvgIpc) is 2.65. The molecule has 2 aromatic carbocycles. The van der Waals surface area contributed by atoms with Gasteiger partial charge in [-0.2, -0.15) is 0 Å². The molecule has 0 aliphatic heterocycles. The number of anilines is 1. The number of para-hydroxylation sites is 1. The lowest BCUT2D eigenvalue weighted by molar-refractivity contribution is 0.0600. The first-order chi connectivity index (χ1) is 12.3. The third-order valence-electron chi connectivity index (χ3n) is 4.06. The Labute approximate surface area is 154 Å². The van der Waals surface area contributed by atoms with Crippen molar-refractivity contribution < 1.29 is 17.9 Å². The van der Waals surface area contributed by atoms with Crippen LogP contribution in [0.4, 0.5) is 5.69 Å². The van der Waals surface area contributed by atoms with Crippen molar-refractivity contribution in [2.24, 2.45) is 0 Å². The molecule has 0 saturated heterocycles. The summed E-state index contributed by atoms with van der Waals surface area (Å²) in [6.07, 6.45) is 0.653. The molecule has 6 nitrogen and oxygen atoms in total. The van der Waals surface area contributed by atoms with E-state index in [1.165, 1.54) is 13.2 Å². The summed E-state index contributed by atoms with van der Waals surface area (Å²) in [5, 5.41) is 0. The highest BCUT2D eigenvalue weighted by Crippen LogP contribution is 2.18. The van der Waals surface area contributed by atoms with Crippen LogP contribution < -0.4 is 9.62 Å². The summed E-state index contributed by atoms with van der Waals surface area (Å²) in [7, 11) is -0.466. The van der Waals surface area contributed by atoms with E-state index in [0.29, 0.717) is 25.1 Å². The molecule has 2 rings (SSSR count). The number of hydrogen-bond acceptors (Lipinski definition) is 5. The number of benzene rings is 2. The first-order valence-corrected chi connectivity index (χ1v) is 9.78. The molecule has 0 heterocycles. The molecule has 0 atom stereocenters. The zero-order valence-electron chi connectivity index (χ0n) is 15.2. The van der Waals surface area contributed by atoms with Crippen LogP contribution in [0.15, 0.2) is 53.4 Å². The fourth-order valence-corrected chi connectivity index (χ4v) is 3.89. The number of aryl methyl sites for hydroxylation is 1. The van der Waals surface area contributed by atoms with E-state index in [2.05, 4.69) is 14.4 Å². The van der Waals surface area contributed by atoms with Crippen LogP contribution in [0.3, 0.4) is 0 Å². The minimum absolute atomic E-state index is 0.0943. The Bertz CT molecular complexity index is 851. The number of esters is 1. The predicted octanol–water partition coefficient (Wildman–Crippen LogP) is 2.59. The molecule has 0 bridgehead atoms. The number of nitrogens with zero attached hydrogens (tertiary/aromatic N) is 1. The van der Waals surface area contributed by atoms with Gasteiger partial charge < -0.3 is 9.64 Å². The van der Waals surface area contributed by atoms with Crippen LogP contribution >= 0.6 is 0 Å². The van der Waals surface area contributed by atoms with Crippen LogP contribution in [-0.2, 0) is 14.8 Å². The lowest BCUT2D eigenvalue weighted by atomic mass is 10.1. The summed E-state index contributed by atoms with van der Waals surface area (Å²) in [4.78, 5) is 13.8. The Morgan fingerprint density at radius 2 is 1.85 bits per heavy atom. The van der Waals surface area contributed by atoms with Crippen molar-refractivity contribution in [3.63, 3.8) is 0 Å². The monoisotopic (exact) mass is 376 g/mol. The van der Waals surface area contributed by atoms with Crippen LogP contribution in [0.5, 0.6) is 0 Å². The first-order valence-electron chi connectivity index (χ1n) is 8.30. The number of nitrogens with one attached hydrogen (secondary N) is 1. The zero-order chi connectivity index (χ0) is 19.2. The number of ether oxygens (including phenoxy) is 1. The second kappa shape index (κ2) is 8.82. The summed E-state index contributed by atoms with van der Waals surface area (Å²) < 4.78 is 32.4. The molecule has 1 N–H and O–H groups in total. The summed E-state index contributed by atoms with van der Waals surface area (Å²) in [6, 6.07) is 14.4. The topological polar surface area (TPSA) is 75.7 Å². The summed E-state index contributed by atoms with van der Waals surface area (Å²) in [6.45, 7) is 2.72. The average molecular weight is 376 g/mol. The smallest absolute Gasteiger partial charge is 0.337 e. The summed E-state index contributed by atoms with van der Waals surface area (Å²) in [5.74, 6) is -0.564. The fraction of sp³-hybridized carbons (Fsp3) is 0.316. The van der Waals surface area contributed by atoms with E-state index in [1.807, 2.05) is 37.4 Å². The van der Waals surface area contributed by atoms with Crippen LogP contribution in [0.2, 0.25) is 0 Å². The van der Waals surface area contributed by atoms with Gasteiger partial charge in [0.1, 0.15) is 0 Å². The lowest BCUT2D eigenvalue weighted by Gasteiger charge is -2.19. The maximum atomic E-state index is 12.6. The van der Waals surface area contributed by atoms with Crippen molar-refractivity contribution >= 4 is 21.7 Å². The molecule has 0 amide bonds. The van der Waals surface area contributed by atoms with E-state index in [0.717, 1.165) is 5.69 Å². The quantitative estimate of drug-likeness (QED) is 0.566. The minimum atomic E-state index is -3.69. The maximum Gasteiger partial charge on any atom is 0.337 e. The molecule has 7 heteroatoms. The zero-order valence-corrected chi connectivity index (χ0v) is 16.0. The Morgan fingerprint density at radius 1 is 1.15 bits per heavy atom. The van der Waals surface area contributed by atoms with Crippen molar-refractivity contribution in [1.82, 2.24) is 4.72 Å². The second-order valence-corrected chi connectivity index (χ2v) is 7.72. The van der Waals surface area contributed by atoms with E-state index in [1.54, 1.807) is 19.1 Å². The molecule has 0 aliphatic carbocycles. The van der Waals surface area contributed by atoms with Gasteiger partial charge in [0.25, 0.3) is 0 Å². The summed E-state index contributed by atoms with van der Waals surface area (Å²) >= 11 is 0. The van der Waals surface area contributed by atoms with E-state index in [4.69, 9.17) is 0 Å². The number of methoxy groups -OCH3 is 1. The van der Waals surface area contributed by atoms with Crippen molar-refractivity contribution in [3.8, 4) is 0 Å². The van der Waals surface area contributed by atoms with Gasteiger partial charge in [-0.1, -0.05) is 24.3 Å². The van der Waals surface area contributed by atoms with Crippen molar-refractivity contribution in [3.05, 3.63) is 59.7 Å². The van der Waals surface area contributed by atoms with Gasteiger partial charge in [0.2, 0.25) is 10.0 Å². The van der Waals surface area contributed by atoms with Gasteiger partial charge in [-0.25, -0.2) is 17.9 Å². The molecule has 140 valence electrons. The van der Waals surface area contributed by atoms with Gasteiger partial charge in [0, 0.05) is 25.8 Å². The maximum absolute atomic E-state index is 12.6. The molecule has 0 aliphatic rings. The molecule has 0 unspecified atom stereocenters. The molecule has 0 aromatic heterocycles. The van der Waals surface area contributed by atoms with E-state index < -0.39 is 16.0 Å². The molecular weight excluding hydrogens is 352 g/mol. The number of carbonyl (C=O) groups excluding carboxylic acids is 1. The van der Waals surface area contributed by atoms with Crippen LogP contribution in [-0.4, -0.2) is 41.6 Å². The van der Waals surface area contributed by atoms with Gasteiger partial charge in [-0.15, -0.1) is 0 Å². The number of carbonyl (C=O) groups is 1. The standard InChI is InChI=1S/C19H24N2O4S/c1-15-10-11-16(19(22)25-3)14-18(15)26(23,24)20-12-7-13-21(2)17-8-5-4-6-9-17/h4-6,8-11,14,20H,7,12-13H2,1-3H3. The lowest BCUT2D eigenvalue weighted by Crippen LogP contribution is -2.29. The van der Waals surface area contributed by atoms with Crippen molar-refractivity contribution in [2.75, 3.05) is 32.1 Å². The van der Waals surface area contributed by atoms with Gasteiger partial charge in [0.05, 0.1) is 17.6 Å². The van der Waals surface area contributed by atoms with Crippen LogP contribution in [0.1, 0.15) is 22.3 Å². The predicted molar refractivity (Wildman–Crippen MR) is 102 cm³/mol.